The molecule has 0 radical (unpaired) electrons. The standard InChI is InChI=1S/C15H17NO3/c17-9-14-7-12-6-13(12)8-16(14)15(18)19-10-11-4-2-1-3-5-11/h1-5,9,12-14H,6-8,10H2/t12-,13+,14-/m0/s1. The fraction of sp³-hybridized carbons (Fsp3) is 0.467. The van der Waals surface area contributed by atoms with Crippen LogP contribution in [0, 0.1) is 11.8 Å². The number of aldehydes is 1. The molecule has 1 heterocycles. The van der Waals surface area contributed by atoms with E-state index < -0.39 is 0 Å². The summed E-state index contributed by atoms with van der Waals surface area (Å²) in [5.74, 6) is 1.23. The number of carbonyl (C=O) groups is 2. The number of hydrogen-bond donors (Lipinski definition) is 0. The maximum atomic E-state index is 12.0. The Morgan fingerprint density at radius 2 is 2.05 bits per heavy atom. The predicted molar refractivity (Wildman–Crippen MR) is 69.4 cm³/mol. The third kappa shape index (κ3) is 2.62. The highest BCUT2D eigenvalue weighted by Gasteiger charge is 2.47. The molecule has 4 heteroatoms. The third-order valence-corrected chi connectivity index (χ3v) is 4.04. The molecule has 4 nitrogen and oxygen atoms in total. The first-order valence-corrected chi connectivity index (χ1v) is 6.70. The maximum Gasteiger partial charge on any atom is 0.410 e. The lowest BCUT2D eigenvalue weighted by Gasteiger charge is -2.31. The molecule has 1 saturated carbocycles. The van der Waals surface area contributed by atoms with Crippen LogP contribution in [0.25, 0.3) is 0 Å². The summed E-state index contributed by atoms with van der Waals surface area (Å²) in [5.41, 5.74) is 0.958. The van der Waals surface area contributed by atoms with Crippen LogP contribution in [0.2, 0.25) is 0 Å². The van der Waals surface area contributed by atoms with Crippen LogP contribution in [0.3, 0.4) is 0 Å². The molecule has 2 fully saturated rings. The van der Waals surface area contributed by atoms with Gasteiger partial charge in [0, 0.05) is 6.54 Å². The van der Waals surface area contributed by atoms with Crippen LogP contribution in [-0.2, 0) is 16.1 Å². The molecule has 1 aliphatic heterocycles. The van der Waals surface area contributed by atoms with E-state index in [1.54, 1.807) is 4.90 Å². The number of hydrogen-bond acceptors (Lipinski definition) is 3. The second-order valence-corrected chi connectivity index (χ2v) is 5.39. The van der Waals surface area contributed by atoms with Crippen LogP contribution in [0.4, 0.5) is 4.79 Å². The van der Waals surface area contributed by atoms with Crippen LogP contribution in [-0.4, -0.2) is 29.9 Å². The lowest BCUT2D eigenvalue weighted by molar-refractivity contribution is -0.113. The zero-order chi connectivity index (χ0) is 13.2. The van der Waals surface area contributed by atoms with Gasteiger partial charge in [0.15, 0.2) is 0 Å². The van der Waals surface area contributed by atoms with Crippen molar-refractivity contribution in [1.29, 1.82) is 0 Å². The molecular formula is C15H17NO3. The third-order valence-electron chi connectivity index (χ3n) is 4.04. The zero-order valence-corrected chi connectivity index (χ0v) is 10.7. The highest BCUT2D eigenvalue weighted by Crippen LogP contribution is 2.46. The summed E-state index contributed by atoms with van der Waals surface area (Å²) < 4.78 is 5.29. The van der Waals surface area contributed by atoms with Gasteiger partial charge in [-0.1, -0.05) is 30.3 Å². The number of nitrogens with zero attached hydrogens (tertiary/aromatic N) is 1. The Bertz CT molecular complexity index is 474. The van der Waals surface area contributed by atoms with Crippen molar-refractivity contribution in [3.63, 3.8) is 0 Å². The van der Waals surface area contributed by atoms with Gasteiger partial charge in [-0.05, 0) is 30.2 Å². The summed E-state index contributed by atoms with van der Waals surface area (Å²) in [6.45, 7) is 0.928. The number of carbonyl (C=O) groups excluding carboxylic acids is 2. The highest BCUT2D eigenvalue weighted by molar-refractivity contribution is 5.74. The summed E-state index contributed by atoms with van der Waals surface area (Å²) in [6, 6.07) is 9.27. The minimum Gasteiger partial charge on any atom is -0.445 e. The highest BCUT2D eigenvalue weighted by atomic mass is 16.6. The first-order valence-electron chi connectivity index (χ1n) is 6.70. The Morgan fingerprint density at radius 3 is 2.79 bits per heavy atom. The predicted octanol–water partition coefficient (Wildman–Crippen LogP) is 2.23. The number of benzene rings is 1. The van der Waals surface area contributed by atoms with E-state index in [4.69, 9.17) is 4.74 Å². The molecule has 3 atom stereocenters. The average molecular weight is 259 g/mol. The topological polar surface area (TPSA) is 46.6 Å². The first-order chi connectivity index (χ1) is 9.28. The molecule has 1 saturated heterocycles. The number of likely N-dealkylation sites (tertiary alicyclic amines) is 1. The molecule has 100 valence electrons. The van der Waals surface area contributed by atoms with Crippen molar-refractivity contribution in [3.05, 3.63) is 35.9 Å². The van der Waals surface area contributed by atoms with E-state index in [9.17, 15) is 9.59 Å². The maximum absolute atomic E-state index is 12.0. The van der Waals surface area contributed by atoms with Crippen molar-refractivity contribution in [2.24, 2.45) is 11.8 Å². The normalized spacial score (nSPS) is 28.4. The minimum atomic E-state index is -0.369. The smallest absolute Gasteiger partial charge is 0.410 e. The van der Waals surface area contributed by atoms with Gasteiger partial charge in [0.2, 0.25) is 0 Å². The van der Waals surface area contributed by atoms with E-state index in [1.807, 2.05) is 30.3 Å². The quantitative estimate of drug-likeness (QED) is 0.782. The monoisotopic (exact) mass is 259 g/mol. The summed E-state index contributed by atoms with van der Waals surface area (Å²) in [7, 11) is 0. The molecule has 0 aromatic heterocycles. The molecule has 0 N–H and O–H groups in total. The fourth-order valence-corrected chi connectivity index (χ4v) is 2.79. The first kappa shape index (κ1) is 12.2. The van der Waals surface area contributed by atoms with Gasteiger partial charge in [0.25, 0.3) is 0 Å². The van der Waals surface area contributed by atoms with Crippen LogP contribution < -0.4 is 0 Å². The van der Waals surface area contributed by atoms with Crippen molar-refractivity contribution in [2.45, 2.75) is 25.5 Å². The molecule has 1 aromatic rings. The molecule has 1 aromatic carbocycles. The Hall–Kier alpha value is -1.84. The molecule has 0 unspecified atom stereocenters. The van der Waals surface area contributed by atoms with Gasteiger partial charge in [-0.2, -0.15) is 0 Å². The average Bonchev–Trinajstić information content (AvgIpc) is 3.22. The van der Waals surface area contributed by atoms with E-state index in [1.165, 1.54) is 0 Å². The van der Waals surface area contributed by atoms with Crippen molar-refractivity contribution in [2.75, 3.05) is 6.54 Å². The SMILES string of the molecule is O=C[C@@H]1C[C@@H]2C[C@@H]2CN1C(=O)OCc1ccccc1. The Labute approximate surface area is 112 Å². The summed E-state index contributed by atoms with van der Waals surface area (Å²) in [6.07, 6.45) is 2.45. The van der Waals surface area contributed by atoms with Gasteiger partial charge in [-0.25, -0.2) is 4.79 Å². The summed E-state index contributed by atoms with van der Waals surface area (Å²) in [5, 5.41) is 0. The molecule has 2 aliphatic rings. The molecule has 19 heavy (non-hydrogen) atoms. The van der Waals surface area contributed by atoms with Crippen LogP contribution in [0.5, 0.6) is 0 Å². The second-order valence-electron chi connectivity index (χ2n) is 5.39. The Morgan fingerprint density at radius 1 is 1.26 bits per heavy atom. The molecule has 1 aliphatic carbocycles. The number of ether oxygens (including phenoxy) is 1. The Balaban J connectivity index is 1.58. The van der Waals surface area contributed by atoms with E-state index in [0.29, 0.717) is 18.4 Å². The summed E-state index contributed by atoms with van der Waals surface area (Å²) >= 11 is 0. The molecular weight excluding hydrogens is 242 g/mol. The molecule has 3 rings (SSSR count). The zero-order valence-electron chi connectivity index (χ0n) is 10.7. The number of fused-ring (bicyclic) bond motifs is 1. The number of rotatable bonds is 3. The van der Waals surface area contributed by atoms with Crippen molar-refractivity contribution in [3.8, 4) is 0 Å². The lowest BCUT2D eigenvalue weighted by atomic mass is 10.0. The van der Waals surface area contributed by atoms with E-state index in [2.05, 4.69) is 0 Å². The second kappa shape index (κ2) is 5.03. The van der Waals surface area contributed by atoms with E-state index in [0.717, 1.165) is 24.7 Å². The van der Waals surface area contributed by atoms with Crippen LogP contribution in [0.15, 0.2) is 30.3 Å². The van der Waals surface area contributed by atoms with E-state index >= 15 is 0 Å². The van der Waals surface area contributed by atoms with Crippen molar-refractivity contribution in [1.82, 2.24) is 4.90 Å². The van der Waals surface area contributed by atoms with Crippen LogP contribution >= 0.6 is 0 Å². The van der Waals surface area contributed by atoms with E-state index in [-0.39, 0.29) is 18.7 Å². The molecule has 1 amide bonds. The van der Waals surface area contributed by atoms with Gasteiger partial charge in [0.05, 0.1) is 6.04 Å². The van der Waals surface area contributed by atoms with Gasteiger partial charge in [0.1, 0.15) is 12.9 Å². The van der Waals surface area contributed by atoms with Gasteiger partial charge in [-0.15, -0.1) is 0 Å². The lowest BCUT2D eigenvalue weighted by Crippen LogP contribution is -2.45. The van der Waals surface area contributed by atoms with Crippen LogP contribution in [0.1, 0.15) is 18.4 Å². The molecule has 0 spiro atoms. The van der Waals surface area contributed by atoms with Gasteiger partial charge < -0.3 is 9.53 Å². The van der Waals surface area contributed by atoms with Crippen molar-refractivity contribution < 1.29 is 14.3 Å². The summed E-state index contributed by atoms with van der Waals surface area (Å²) in [4.78, 5) is 24.7. The van der Waals surface area contributed by atoms with Gasteiger partial charge in [-0.3, -0.25) is 4.90 Å². The minimum absolute atomic E-state index is 0.260. The van der Waals surface area contributed by atoms with Crippen molar-refractivity contribution >= 4 is 12.4 Å². The Kier molecular flexibility index (Phi) is 3.23. The molecule has 0 bridgehead atoms. The van der Waals surface area contributed by atoms with Gasteiger partial charge >= 0.3 is 6.09 Å². The number of amides is 1. The number of piperidine rings is 1. The largest absolute Gasteiger partial charge is 0.445 e. The fourth-order valence-electron chi connectivity index (χ4n) is 2.79.